The number of likely N-dealkylation sites (tertiary alicyclic amines) is 1. The fraction of sp³-hybridized carbons (Fsp3) is 0.429. The fourth-order valence-electron chi connectivity index (χ4n) is 4.46. The fourth-order valence-corrected chi connectivity index (χ4v) is 4.46. The molecule has 0 radical (unpaired) electrons. The van der Waals surface area contributed by atoms with Crippen molar-refractivity contribution < 1.29 is 9.13 Å². The van der Waals surface area contributed by atoms with Gasteiger partial charge in [-0.15, -0.1) is 0 Å². The van der Waals surface area contributed by atoms with Crippen LogP contribution in [0.25, 0.3) is 27.9 Å². The van der Waals surface area contributed by atoms with Crippen molar-refractivity contribution in [3.63, 3.8) is 0 Å². The summed E-state index contributed by atoms with van der Waals surface area (Å²) in [5, 5.41) is 11.8. The standard InChI is InChI=1S/C21H24FN9O/c1-23-19-18-13(15-2-3-17-24-5-7-31(17)29-15)8-25-20(18)28-21(27-19)26-16-4-6-30(9-14(16)22)12-10-32-11-12/h2-3,5,7-8,12,14,16H,4,6,9-11H2,1H3,(H3,23,25,26,27,28)/t14-,16+/m0/s1. The van der Waals surface area contributed by atoms with E-state index in [0.29, 0.717) is 49.6 Å². The van der Waals surface area contributed by atoms with Gasteiger partial charge in [0, 0.05) is 44.3 Å². The highest BCUT2D eigenvalue weighted by atomic mass is 19.1. The number of rotatable bonds is 5. The number of halogens is 1. The molecule has 166 valence electrons. The largest absolute Gasteiger partial charge is 0.378 e. The molecule has 0 unspecified atom stereocenters. The molecule has 0 aliphatic carbocycles. The van der Waals surface area contributed by atoms with E-state index in [0.717, 1.165) is 28.8 Å². The molecule has 0 saturated carbocycles. The molecule has 6 rings (SSSR count). The van der Waals surface area contributed by atoms with Crippen LogP contribution in [-0.2, 0) is 4.74 Å². The molecular formula is C21H24FN9O. The van der Waals surface area contributed by atoms with E-state index in [1.54, 1.807) is 10.7 Å². The average Bonchev–Trinajstić information content (AvgIpc) is 3.40. The van der Waals surface area contributed by atoms with Gasteiger partial charge in [0.25, 0.3) is 0 Å². The molecule has 11 heteroatoms. The van der Waals surface area contributed by atoms with Crippen LogP contribution in [-0.4, -0.2) is 86.1 Å². The van der Waals surface area contributed by atoms with Crippen molar-refractivity contribution in [2.45, 2.75) is 24.7 Å². The van der Waals surface area contributed by atoms with Crippen molar-refractivity contribution >= 4 is 28.4 Å². The number of anilines is 2. The molecule has 0 spiro atoms. The molecular weight excluding hydrogens is 413 g/mol. The second-order valence-corrected chi connectivity index (χ2v) is 8.26. The van der Waals surface area contributed by atoms with Crippen molar-refractivity contribution in [2.75, 3.05) is 44.0 Å². The lowest BCUT2D eigenvalue weighted by atomic mass is 10.0. The van der Waals surface area contributed by atoms with Gasteiger partial charge in [0.15, 0.2) is 5.65 Å². The van der Waals surface area contributed by atoms with Gasteiger partial charge in [-0.3, -0.25) is 4.90 Å². The highest BCUT2D eigenvalue weighted by Gasteiger charge is 2.35. The third-order valence-corrected chi connectivity index (χ3v) is 6.32. The molecule has 10 nitrogen and oxygen atoms in total. The van der Waals surface area contributed by atoms with Crippen LogP contribution in [0.2, 0.25) is 0 Å². The number of ether oxygens (including phenoxy) is 1. The lowest BCUT2D eigenvalue weighted by Gasteiger charge is -2.42. The van der Waals surface area contributed by atoms with Crippen LogP contribution in [0, 0.1) is 0 Å². The second kappa shape index (κ2) is 7.68. The Morgan fingerprint density at radius 1 is 1.25 bits per heavy atom. The molecule has 4 aromatic heterocycles. The van der Waals surface area contributed by atoms with Gasteiger partial charge < -0.3 is 20.4 Å². The number of piperidine rings is 1. The first-order chi connectivity index (χ1) is 15.7. The van der Waals surface area contributed by atoms with Crippen molar-refractivity contribution in [1.29, 1.82) is 0 Å². The van der Waals surface area contributed by atoms with Crippen LogP contribution in [0.5, 0.6) is 0 Å². The van der Waals surface area contributed by atoms with Crippen LogP contribution < -0.4 is 10.6 Å². The zero-order valence-electron chi connectivity index (χ0n) is 17.6. The number of fused-ring (bicyclic) bond motifs is 2. The van der Waals surface area contributed by atoms with Gasteiger partial charge in [-0.2, -0.15) is 15.1 Å². The average molecular weight is 437 g/mol. The van der Waals surface area contributed by atoms with Gasteiger partial charge in [0.05, 0.1) is 36.4 Å². The van der Waals surface area contributed by atoms with Crippen molar-refractivity contribution in [2.24, 2.45) is 0 Å². The topological polar surface area (TPSA) is 108 Å². The summed E-state index contributed by atoms with van der Waals surface area (Å²) < 4.78 is 21.9. The Balaban J connectivity index is 1.28. The monoisotopic (exact) mass is 437 g/mol. The summed E-state index contributed by atoms with van der Waals surface area (Å²) in [5.74, 6) is 1.06. The van der Waals surface area contributed by atoms with E-state index in [1.807, 2.05) is 31.6 Å². The van der Waals surface area contributed by atoms with Gasteiger partial charge in [-0.05, 0) is 18.6 Å². The number of nitrogens with zero attached hydrogens (tertiary/aromatic N) is 6. The lowest BCUT2D eigenvalue weighted by Crippen LogP contribution is -2.57. The summed E-state index contributed by atoms with van der Waals surface area (Å²) in [6.45, 7) is 2.64. The van der Waals surface area contributed by atoms with E-state index in [9.17, 15) is 4.39 Å². The Morgan fingerprint density at radius 3 is 2.94 bits per heavy atom. The normalized spacial score (nSPS) is 22.3. The second-order valence-electron chi connectivity index (χ2n) is 8.26. The van der Waals surface area contributed by atoms with Gasteiger partial charge >= 0.3 is 0 Å². The third kappa shape index (κ3) is 3.24. The number of H-pyrrole nitrogens is 1. The summed E-state index contributed by atoms with van der Waals surface area (Å²) in [6.07, 6.45) is 5.09. The molecule has 0 aromatic carbocycles. The molecule has 3 N–H and O–H groups in total. The van der Waals surface area contributed by atoms with Gasteiger partial charge in [-0.1, -0.05) is 0 Å². The minimum atomic E-state index is -0.994. The minimum absolute atomic E-state index is 0.325. The third-order valence-electron chi connectivity index (χ3n) is 6.32. The number of imidazole rings is 1. The first kappa shape index (κ1) is 19.4. The Labute approximate surface area is 183 Å². The van der Waals surface area contributed by atoms with E-state index in [1.165, 1.54) is 0 Å². The van der Waals surface area contributed by atoms with Crippen LogP contribution in [0.15, 0.2) is 30.7 Å². The van der Waals surface area contributed by atoms with Crippen LogP contribution in [0.3, 0.4) is 0 Å². The number of alkyl halides is 1. The number of aromatic nitrogens is 6. The highest BCUT2D eigenvalue weighted by molar-refractivity contribution is 6.00. The zero-order valence-corrected chi connectivity index (χ0v) is 17.6. The molecule has 32 heavy (non-hydrogen) atoms. The molecule has 2 aliphatic rings. The molecule has 4 aromatic rings. The van der Waals surface area contributed by atoms with Crippen molar-refractivity contribution in [3.8, 4) is 11.3 Å². The van der Waals surface area contributed by atoms with E-state index in [4.69, 9.17) is 4.74 Å². The highest BCUT2D eigenvalue weighted by Crippen LogP contribution is 2.32. The molecule has 2 atom stereocenters. The van der Waals surface area contributed by atoms with Crippen LogP contribution in [0.1, 0.15) is 6.42 Å². The van der Waals surface area contributed by atoms with Crippen LogP contribution >= 0.6 is 0 Å². The molecule has 6 heterocycles. The van der Waals surface area contributed by atoms with E-state index in [2.05, 4.69) is 40.6 Å². The Kier molecular flexibility index (Phi) is 4.65. The Morgan fingerprint density at radius 2 is 2.16 bits per heavy atom. The number of hydrogen-bond donors (Lipinski definition) is 3. The molecule has 2 aliphatic heterocycles. The molecule has 0 amide bonds. The first-order valence-corrected chi connectivity index (χ1v) is 10.8. The van der Waals surface area contributed by atoms with Crippen molar-refractivity contribution in [3.05, 3.63) is 30.7 Å². The zero-order chi connectivity index (χ0) is 21.7. The Hall–Kier alpha value is -3.31. The van der Waals surface area contributed by atoms with Gasteiger partial charge in [0.2, 0.25) is 5.95 Å². The van der Waals surface area contributed by atoms with E-state index in [-0.39, 0.29) is 6.04 Å². The number of hydrogen-bond acceptors (Lipinski definition) is 8. The summed E-state index contributed by atoms with van der Waals surface area (Å²) in [5.41, 5.74) is 3.10. The summed E-state index contributed by atoms with van der Waals surface area (Å²) in [4.78, 5) is 18.9. The van der Waals surface area contributed by atoms with E-state index < -0.39 is 6.17 Å². The quantitative estimate of drug-likeness (QED) is 0.435. The van der Waals surface area contributed by atoms with Crippen molar-refractivity contribution in [1.82, 2.24) is 34.4 Å². The number of nitrogens with one attached hydrogen (secondary N) is 3. The minimum Gasteiger partial charge on any atom is -0.378 e. The van der Waals surface area contributed by atoms with Crippen LogP contribution in [0.4, 0.5) is 16.2 Å². The van der Waals surface area contributed by atoms with E-state index >= 15 is 0 Å². The maximum Gasteiger partial charge on any atom is 0.226 e. The predicted molar refractivity (Wildman–Crippen MR) is 119 cm³/mol. The number of aromatic amines is 1. The summed E-state index contributed by atoms with van der Waals surface area (Å²) in [6, 6.07) is 3.87. The molecule has 2 fully saturated rings. The maximum absolute atomic E-state index is 14.9. The first-order valence-electron chi connectivity index (χ1n) is 10.8. The smallest absolute Gasteiger partial charge is 0.226 e. The predicted octanol–water partition coefficient (Wildman–Crippen LogP) is 1.93. The molecule has 2 saturated heterocycles. The Bertz CT molecular complexity index is 1270. The SMILES string of the molecule is CNc1nc(N[C@@H]2CCN(C3COC3)C[C@@H]2F)nc2[nH]cc(-c3ccc4nccn4n3)c12. The molecule has 0 bridgehead atoms. The maximum atomic E-state index is 14.9. The van der Waals surface area contributed by atoms with Gasteiger partial charge in [0.1, 0.15) is 17.6 Å². The lowest BCUT2D eigenvalue weighted by molar-refractivity contribution is -0.0794. The van der Waals surface area contributed by atoms with Gasteiger partial charge in [-0.25, -0.2) is 13.9 Å². The summed E-state index contributed by atoms with van der Waals surface area (Å²) in [7, 11) is 1.81. The summed E-state index contributed by atoms with van der Waals surface area (Å²) >= 11 is 0.